The topological polar surface area (TPSA) is 12.0 Å². The Balaban J connectivity index is 2.23. The number of allylic oxidation sites excluding steroid dienone is 7. The fourth-order valence-electron chi connectivity index (χ4n) is 2.04. The summed E-state index contributed by atoms with van der Waals surface area (Å²) < 4.78 is 0. The fraction of sp³-hybridized carbons (Fsp3) is 0.429. The Hall–Kier alpha value is -1.24. The first-order valence-electron chi connectivity index (χ1n) is 5.82. The Kier molecular flexibility index (Phi) is 3.44. The zero-order chi connectivity index (χ0) is 10.5. The first kappa shape index (κ1) is 10.3. The summed E-state index contributed by atoms with van der Waals surface area (Å²) in [6, 6.07) is 0. The van der Waals surface area contributed by atoms with Crippen molar-refractivity contribution in [3.8, 4) is 0 Å². The van der Waals surface area contributed by atoms with Crippen molar-refractivity contribution in [2.75, 3.05) is 6.54 Å². The maximum atomic E-state index is 3.49. The van der Waals surface area contributed by atoms with E-state index in [1.54, 1.807) is 5.57 Å². The third-order valence-corrected chi connectivity index (χ3v) is 2.96. The van der Waals surface area contributed by atoms with Gasteiger partial charge in [0.25, 0.3) is 0 Å². The molecule has 0 fully saturated rings. The van der Waals surface area contributed by atoms with Crippen LogP contribution in [0.25, 0.3) is 0 Å². The van der Waals surface area contributed by atoms with Gasteiger partial charge >= 0.3 is 0 Å². The largest absolute Gasteiger partial charge is 0.385 e. The van der Waals surface area contributed by atoms with Gasteiger partial charge in [-0.05, 0) is 44.3 Å². The molecule has 0 radical (unpaired) electrons. The molecule has 0 atom stereocenters. The van der Waals surface area contributed by atoms with E-state index in [-0.39, 0.29) is 0 Å². The van der Waals surface area contributed by atoms with E-state index < -0.39 is 0 Å². The molecule has 15 heavy (non-hydrogen) atoms. The van der Waals surface area contributed by atoms with Crippen molar-refractivity contribution in [1.29, 1.82) is 0 Å². The van der Waals surface area contributed by atoms with E-state index in [1.807, 2.05) is 0 Å². The lowest BCUT2D eigenvalue weighted by Gasteiger charge is -2.19. The third kappa shape index (κ3) is 2.85. The smallest absolute Gasteiger partial charge is 0.0332 e. The molecular weight excluding hydrogens is 182 g/mol. The van der Waals surface area contributed by atoms with Gasteiger partial charge in [0.05, 0.1) is 0 Å². The Bertz CT molecular complexity index is 342. The summed E-state index contributed by atoms with van der Waals surface area (Å²) in [5.41, 5.74) is 4.30. The average Bonchev–Trinajstić information content (AvgIpc) is 2.27. The summed E-state index contributed by atoms with van der Waals surface area (Å²) >= 11 is 0. The van der Waals surface area contributed by atoms with Crippen molar-refractivity contribution in [3.05, 3.63) is 47.2 Å². The molecule has 0 unspecified atom stereocenters. The first-order chi connectivity index (χ1) is 7.36. The quantitative estimate of drug-likeness (QED) is 0.632. The summed E-state index contributed by atoms with van der Waals surface area (Å²) in [6.45, 7) is 3.31. The summed E-state index contributed by atoms with van der Waals surface area (Å²) in [6.07, 6.45) is 15.9. The van der Waals surface area contributed by atoms with Crippen LogP contribution in [0.15, 0.2) is 47.2 Å². The number of hydrogen-bond acceptors (Lipinski definition) is 1. The molecule has 0 saturated carbocycles. The second-order valence-corrected chi connectivity index (χ2v) is 4.24. The second-order valence-electron chi connectivity index (χ2n) is 4.24. The zero-order valence-electron chi connectivity index (χ0n) is 9.42. The van der Waals surface area contributed by atoms with Crippen LogP contribution in [0.2, 0.25) is 0 Å². The minimum Gasteiger partial charge on any atom is -0.385 e. The van der Waals surface area contributed by atoms with Gasteiger partial charge < -0.3 is 5.32 Å². The van der Waals surface area contributed by atoms with Crippen LogP contribution >= 0.6 is 0 Å². The molecule has 0 aromatic carbocycles. The predicted octanol–water partition coefficient (Wildman–Crippen LogP) is 3.48. The van der Waals surface area contributed by atoms with Gasteiger partial charge in [-0.25, -0.2) is 0 Å². The van der Waals surface area contributed by atoms with Crippen LogP contribution in [-0.2, 0) is 0 Å². The van der Waals surface area contributed by atoms with E-state index in [9.17, 15) is 0 Å². The summed E-state index contributed by atoms with van der Waals surface area (Å²) in [7, 11) is 0. The molecule has 2 aliphatic rings. The lowest BCUT2D eigenvalue weighted by Crippen LogP contribution is -2.20. The molecule has 2 rings (SSSR count). The van der Waals surface area contributed by atoms with E-state index in [1.165, 1.54) is 24.1 Å². The highest BCUT2D eigenvalue weighted by Gasteiger charge is 2.08. The average molecular weight is 201 g/mol. The van der Waals surface area contributed by atoms with Crippen molar-refractivity contribution >= 4 is 0 Å². The van der Waals surface area contributed by atoms with Crippen molar-refractivity contribution in [1.82, 2.24) is 5.32 Å². The van der Waals surface area contributed by atoms with Crippen LogP contribution < -0.4 is 5.32 Å². The molecule has 1 N–H and O–H groups in total. The minimum atomic E-state index is 1.03. The molecule has 1 aliphatic carbocycles. The molecule has 1 heterocycles. The Labute approximate surface area is 92.3 Å². The molecule has 1 nitrogen and oxygen atoms in total. The minimum absolute atomic E-state index is 1.03. The molecule has 0 aromatic rings. The summed E-state index contributed by atoms with van der Waals surface area (Å²) in [4.78, 5) is 0. The normalized spacial score (nSPS) is 29.5. The maximum Gasteiger partial charge on any atom is 0.0332 e. The summed E-state index contributed by atoms with van der Waals surface area (Å²) in [5.74, 6) is 0. The highest BCUT2D eigenvalue weighted by Crippen LogP contribution is 2.21. The number of rotatable bonds is 0. The van der Waals surface area contributed by atoms with Crippen molar-refractivity contribution < 1.29 is 0 Å². The van der Waals surface area contributed by atoms with Crippen LogP contribution in [0.4, 0.5) is 0 Å². The Morgan fingerprint density at radius 1 is 1.20 bits per heavy atom. The molecule has 80 valence electrons. The van der Waals surface area contributed by atoms with Gasteiger partial charge in [0.2, 0.25) is 0 Å². The van der Waals surface area contributed by atoms with Gasteiger partial charge in [-0.1, -0.05) is 29.9 Å². The molecule has 1 heteroatoms. The van der Waals surface area contributed by atoms with Gasteiger partial charge in [0.15, 0.2) is 0 Å². The molecule has 0 spiro atoms. The highest BCUT2D eigenvalue weighted by atomic mass is 14.9. The third-order valence-electron chi connectivity index (χ3n) is 2.96. The van der Waals surface area contributed by atoms with E-state index in [0.29, 0.717) is 0 Å². The van der Waals surface area contributed by atoms with E-state index in [2.05, 4.69) is 42.6 Å². The molecular formula is C14H19N. The zero-order valence-corrected chi connectivity index (χ0v) is 9.42. The predicted molar refractivity (Wildman–Crippen MR) is 65.5 cm³/mol. The van der Waals surface area contributed by atoms with Crippen LogP contribution in [0, 0.1) is 0 Å². The van der Waals surface area contributed by atoms with E-state index >= 15 is 0 Å². The second kappa shape index (κ2) is 5.01. The number of hydrogen-bond donors (Lipinski definition) is 1. The molecule has 1 aliphatic heterocycles. The van der Waals surface area contributed by atoms with E-state index in [4.69, 9.17) is 0 Å². The summed E-state index contributed by atoms with van der Waals surface area (Å²) in [5, 5.41) is 3.49. The molecule has 0 saturated heterocycles. The fourth-order valence-corrected chi connectivity index (χ4v) is 2.04. The standard InChI is InChI=1S/C14H19N/c1-12-6-3-2-4-8-14-13(10-9-12)7-5-11-15-14/h3-4,6,8-9,15H,2,5,7,10-11H2,1H3/b6-3-,8-4-,12-9-. The van der Waals surface area contributed by atoms with Gasteiger partial charge in [0.1, 0.15) is 0 Å². The van der Waals surface area contributed by atoms with Crippen LogP contribution in [0.3, 0.4) is 0 Å². The maximum absolute atomic E-state index is 3.49. The number of nitrogens with one attached hydrogen (secondary N) is 1. The Morgan fingerprint density at radius 2 is 2.07 bits per heavy atom. The lowest BCUT2D eigenvalue weighted by molar-refractivity contribution is 0.664. The van der Waals surface area contributed by atoms with Crippen LogP contribution in [0.1, 0.15) is 32.6 Å². The monoisotopic (exact) mass is 201 g/mol. The van der Waals surface area contributed by atoms with Crippen molar-refractivity contribution in [2.45, 2.75) is 32.6 Å². The van der Waals surface area contributed by atoms with Crippen molar-refractivity contribution in [3.63, 3.8) is 0 Å². The molecule has 0 amide bonds. The SMILES string of the molecule is CC1=C/CC2=C(/C=C\C/C=C\1)NCCC2. The molecule has 0 aromatic heterocycles. The van der Waals surface area contributed by atoms with Crippen LogP contribution in [-0.4, -0.2) is 6.54 Å². The van der Waals surface area contributed by atoms with E-state index in [0.717, 1.165) is 19.4 Å². The first-order valence-corrected chi connectivity index (χ1v) is 5.82. The van der Waals surface area contributed by atoms with Gasteiger partial charge in [-0.15, -0.1) is 0 Å². The molecule has 0 bridgehead atoms. The van der Waals surface area contributed by atoms with Gasteiger partial charge in [0, 0.05) is 12.2 Å². The van der Waals surface area contributed by atoms with Crippen molar-refractivity contribution in [2.24, 2.45) is 0 Å². The van der Waals surface area contributed by atoms with Crippen LogP contribution in [0.5, 0.6) is 0 Å². The highest BCUT2D eigenvalue weighted by molar-refractivity contribution is 5.31. The van der Waals surface area contributed by atoms with Gasteiger partial charge in [-0.3, -0.25) is 0 Å². The lowest BCUT2D eigenvalue weighted by atomic mass is 9.98. The van der Waals surface area contributed by atoms with Gasteiger partial charge in [-0.2, -0.15) is 0 Å². The Morgan fingerprint density at radius 3 is 3.00 bits per heavy atom.